The van der Waals surface area contributed by atoms with Crippen molar-refractivity contribution in [3.05, 3.63) is 30.1 Å². The van der Waals surface area contributed by atoms with Crippen LogP contribution in [0.15, 0.2) is 24.3 Å². The number of hydrogen-bond acceptors (Lipinski definition) is 2. The zero-order valence-electron chi connectivity index (χ0n) is 8.99. The van der Waals surface area contributed by atoms with E-state index in [0.29, 0.717) is 12.1 Å². The third-order valence-corrected chi connectivity index (χ3v) is 3.07. The second-order valence-corrected chi connectivity index (χ2v) is 4.30. The summed E-state index contributed by atoms with van der Waals surface area (Å²) in [6, 6.07) is 7.45. The Balaban J connectivity index is 2.13. The molecule has 2 unspecified atom stereocenters. The highest BCUT2D eigenvalue weighted by Gasteiger charge is 2.22. The zero-order valence-corrected chi connectivity index (χ0v) is 8.99. The first-order chi connectivity index (χ1) is 7.16. The summed E-state index contributed by atoms with van der Waals surface area (Å²) in [5.74, 6) is -0.180. The van der Waals surface area contributed by atoms with E-state index in [4.69, 9.17) is 5.73 Å². The van der Waals surface area contributed by atoms with Gasteiger partial charge in [0.25, 0.3) is 0 Å². The number of halogens is 1. The number of piperidine rings is 1. The molecule has 3 heteroatoms. The van der Waals surface area contributed by atoms with Gasteiger partial charge in [0.2, 0.25) is 0 Å². The molecule has 0 radical (unpaired) electrons. The largest absolute Gasteiger partial charge is 0.369 e. The summed E-state index contributed by atoms with van der Waals surface area (Å²) in [6.07, 6.45) is 2.03. The molecule has 1 aromatic carbocycles. The van der Waals surface area contributed by atoms with E-state index >= 15 is 0 Å². The van der Waals surface area contributed by atoms with Crippen molar-refractivity contribution < 1.29 is 4.39 Å². The molecule has 0 aromatic heterocycles. The number of benzene rings is 1. The van der Waals surface area contributed by atoms with Gasteiger partial charge in [-0.15, -0.1) is 0 Å². The highest BCUT2D eigenvalue weighted by atomic mass is 19.1. The van der Waals surface area contributed by atoms with Gasteiger partial charge < -0.3 is 10.6 Å². The van der Waals surface area contributed by atoms with Crippen molar-refractivity contribution in [3.63, 3.8) is 0 Å². The second kappa shape index (κ2) is 4.19. The fourth-order valence-electron chi connectivity index (χ4n) is 2.22. The van der Waals surface area contributed by atoms with E-state index in [-0.39, 0.29) is 5.82 Å². The Morgan fingerprint density at radius 3 is 2.60 bits per heavy atom. The molecule has 2 atom stereocenters. The molecule has 15 heavy (non-hydrogen) atoms. The van der Waals surface area contributed by atoms with Gasteiger partial charge in [-0.25, -0.2) is 4.39 Å². The third-order valence-electron chi connectivity index (χ3n) is 3.07. The van der Waals surface area contributed by atoms with Crippen LogP contribution >= 0.6 is 0 Å². The Kier molecular flexibility index (Phi) is 2.91. The molecule has 0 saturated carbocycles. The fourth-order valence-corrected chi connectivity index (χ4v) is 2.22. The maximum atomic E-state index is 12.8. The molecule has 1 saturated heterocycles. The van der Waals surface area contributed by atoms with Gasteiger partial charge in [-0.05, 0) is 44.0 Å². The maximum absolute atomic E-state index is 12.8. The molecule has 0 spiro atoms. The Bertz CT molecular complexity index is 323. The molecule has 1 aliphatic rings. The summed E-state index contributed by atoms with van der Waals surface area (Å²) in [7, 11) is 0. The SMILES string of the molecule is CC1CC(N)CCN1c1ccc(F)cc1. The summed E-state index contributed by atoms with van der Waals surface area (Å²) in [5, 5.41) is 0. The van der Waals surface area contributed by atoms with E-state index in [1.54, 1.807) is 0 Å². The molecular formula is C12H17FN2. The number of anilines is 1. The van der Waals surface area contributed by atoms with Crippen molar-refractivity contribution in [3.8, 4) is 0 Å². The third kappa shape index (κ3) is 2.29. The van der Waals surface area contributed by atoms with E-state index in [1.807, 2.05) is 12.1 Å². The van der Waals surface area contributed by atoms with Gasteiger partial charge in [0, 0.05) is 24.3 Å². The minimum Gasteiger partial charge on any atom is -0.369 e. The van der Waals surface area contributed by atoms with Crippen molar-refractivity contribution >= 4 is 5.69 Å². The number of nitrogens with two attached hydrogens (primary N) is 1. The maximum Gasteiger partial charge on any atom is 0.123 e. The van der Waals surface area contributed by atoms with Crippen LogP contribution in [0.3, 0.4) is 0 Å². The van der Waals surface area contributed by atoms with Crippen LogP contribution in [0.2, 0.25) is 0 Å². The summed E-state index contributed by atoms with van der Waals surface area (Å²) in [5.41, 5.74) is 7.00. The Morgan fingerprint density at radius 1 is 1.33 bits per heavy atom. The van der Waals surface area contributed by atoms with Crippen LogP contribution in [0.5, 0.6) is 0 Å². The van der Waals surface area contributed by atoms with Crippen LogP contribution in [-0.4, -0.2) is 18.6 Å². The molecule has 1 aromatic rings. The van der Waals surface area contributed by atoms with E-state index in [0.717, 1.165) is 25.1 Å². The molecule has 2 nitrogen and oxygen atoms in total. The summed E-state index contributed by atoms with van der Waals surface area (Å²) in [4.78, 5) is 2.29. The lowest BCUT2D eigenvalue weighted by molar-refractivity contribution is 0.429. The van der Waals surface area contributed by atoms with Crippen LogP contribution in [-0.2, 0) is 0 Å². The van der Waals surface area contributed by atoms with Gasteiger partial charge in [0.05, 0.1) is 0 Å². The first-order valence-electron chi connectivity index (χ1n) is 5.44. The number of hydrogen-bond donors (Lipinski definition) is 1. The molecular weight excluding hydrogens is 191 g/mol. The standard InChI is InChI=1S/C12H17FN2/c1-9-8-11(14)6-7-15(9)12-4-2-10(13)3-5-12/h2-5,9,11H,6-8,14H2,1H3. The van der Waals surface area contributed by atoms with Crippen LogP contribution in [0.1, 0.15) is 19.8 Å². The highest BCUT2D eigenvalue weighted by molar-refractivity contribution is 5.47. The monoisotopic (exact) mass is 208 g/mol. The number of rotatable bonds is 1. The normalized spacial score (nSPS) is 26.7. The Morgan fingerprint density at radius 2 is 2.00 bits per heavy atom. The second-order valence-electron chi connectivity index (χ2n) is 4.30. The number of nitrogens with zero attached hydrogens (tertiary/aromatic N) is 1. The molecule has 1 fully saturated rings. The predicted molar refractivity (Wildman–Crippen MR) is 60.4 cm³/mol. The van der Waals surface area contributed by atoms with Gasteiger partial charge in [-0.3, -0.25) is 0 Å². The molecule has 0 bridgehead atoms. The molecule has 2 N–H and O–H groups in total. The van der Waals surface area contributed by atoms with Crippen molar-refractivity contribution in [2.24, 2.45) is 5.73 Å². The first-order valence-corrected chi connectivity index (χ1v) is 5.44. The lowest BCUT2D eigenvalue weighted by Crippen LogP contribution is -2.45. The first kappa shape index (κ1) is 10.4. The molecule has 1 aliphatic heterocycles. The lowest BCUT2D eigenvalue weighted by Gasteiger charge is -2.38. The average Bonchev–Trinajstić information content (AvgIpc) is 2.20. The quantitative estimate of drug-likeness (QED) is 0.766. The summed E-state index contributed by atoms with van der Waals surface area (Å²) in [6.45, 7) is 3.14. The van der Waals surface area contributed by atoms with Crippen molar-refractivity contribution in [2.45, 2.75) is 31.8 Å². The molecule has 1 heterocycles. The van der Waals surface area contributed by atoms with Gasteiger partial charge >= 0.3 is 0 Å². The van der Waals surface area contributed by atoms with Crippen LogP contribution in [0.4, 0.5) is 10.1 Å². The minimum atomic E-state index is -0.180. The van der Waals surface area contributed by atoms with Crippen LogP contribution in [0, 0.1) is 5.82 Å². The van der Waals surface area contributed by atoms with Crippen molar-refractivity contribution in [1.82, 2.24) is 0 Å². The minimum absolute atomic E-state index is 0.180. The van der Waals surface area contributed by atoms with Crippen LogP contribution < -0.4 is 10.6 Å². The predicted octanol–water partition coefficient (Wildman–Crippen LogP) is 2.14. The lowest BCUT2D eigenvalue weighted by atomic mass is 9.98. The molecule has 82 valence electrons. The molecule has 0 amide bonds. The van der Waals surface area contributed by atoms with Crippen molar-refractivity contribution in [2.75, 3.05) is 11.4 Å². The Hall–Kier alpha value is -1.09. The van der Waals surface area contributed by atoms with E-state index in [1.165, 1.54) is 12.1 Å². The molecule has 0 aliphatic carbocycles. The molecule has 2 rings (SSSR count). The fraction of sp³-hybridized carbons (Fsp3) is 0.500. The highest BCUT2D eigenvalue weighted by Crippen LogP contribution is 2.24. The summed E-state index contributed by atoms with van der Waals surface area (Å²) < 4.78 is 12.8. The van der Waals surface area contributed by atoms with Crippen LogP contribution in [0.25, 0.3) is 0 Å². The van der Waals surface area contributed by atoms with Crippen molar-refractivity contribution in [1.29, 1.82) is 0 Å². The van der Waals surface area contributed by atoms with E-state index in [2.05, 4.69) is 11.8 Å². The van der Waals surface area contributed by atoms with E-state index < -0.39 is 0 Å². The van der Waals surface area contributed by atoms with E-state index in [9.17, 15) is 4.39 Å². The van der Waals surface area contributed by atoms with Gasteiger partial charge in [-0.1, -0.05) is 0 Å². The Labute approximate surface area is 89.9 Å². The zero-order chi connectivity index (χ0) is 10.8. The average molecular weight is 208 g/mol. The smallest absolute Gasteiger partial charge is 0.123 e. The van der Waals surface area contributed by atoms with Gasteiger partial charge in [0.1, 0.15) is 5.82 Å². The summed E-state index contributed by atoms with van der Waals surface area (Å²) >= 11 is 0. The van der Waals surface area contributed by atoms with Gasteiger partial charge in [-0.2, -0.15) is 0 Å². The van der Waals surface area contributed by atoms with Gasteiger partial charge in [0.15, 0.2) is 0 Å². The topological polar surface area (TPSA) is 29.3 Å².